The molecule has 0 radical (unpaired) electrons. The average molecular weight is 227 g/mol. The van der Waals surface area contributed by atoms with Crippen molar-refractivity contribution in [3.63, 3.8) is 0 Å². The fourth-order valence-electron chi connectivity index (χ4n) is 1.52. The monoisotopic (exact) mass is 227 g/mol. The van der Waals surface area contributed by atoms with E-state index in [2.05, 4.69) is 10.3 Å². The minimum absolute atomic E-state index is 0.128. The molecule has 0 bridgehead atoms. The molecule has 0 saturated carbocycles. The van der Waals surface area contributed by atoms with Crippen LogP contribution in [0.25, 0.3) is 0 Å². The lowest BCUT2D eigenvalue weighted by molar-refractivity contribution is 0.0972. The topological polar surface area (TPSA) is 65.5 Å². The molecule has 5 nitrogen and oxygen atoms in total. The highest BCUT2D eigenvalue weighted by atomic mass is 32.1. The first-order valence-electron chi connectivity index (χ1n) is 4.89. The molecule has 1 aliphatic heterocycles. The third-order valence-electron chi connectivity index (χ3n) is 2.40. The van der Waals surface area contributed by atoms with Gasteiger partial charge in [0.25, 0.3) is 0 Å². The smallest absolute Gasteiger partial charge is 0.323 e. The summed E-state index contributed by atoms with van der Waals surface area (Å²) < 4.78 is 0. The fraction of sp³-hybridized carbons (Fsp3) is 0.556. The number of urea groups is 1. The molecule has 0 unspecified atom stereocenters. The zero-order valence-electron chi connectivity index (χ0n) is 8.22. The van der Waals surface area contributed by atoms with Crippen molar-refractivity contribution in [2.75, 3.05) is 18.4 Å². The maximum absolute atomic E-state index is 11.7. The minimum atomic E-state index is -0.256. The Bertz CT molecular complexity index is 320. The summed E-state index contributed by atoms with van der Waals surface area (Å²) in [5.74, 6) is 0. The van der Waals surface area contributed by atoms with Crippen molar-refractivity contribution in [2.24, 2.45) is 0 Å². The van der Waals surface area contributed by atoms with Gasteiger partial charge in [0, 0.05) is 24.7 Å². The fourth-order valence-corrected chi connectivity index (χ4v) is 2.04. The quantitative estimate of drug-likeness (QED) is 0.756. The van der Waals surface area contributed by atoms with Gasteiger partial charge in [-0.05, 0) is 12.8 Å². The predicted molar refractivity (Wildman–Crippen MR) is 57.9 cm³/mol. The summed E-state index contributed by atoms with van der Waals surface area (Å²) in [7, 11) is 0. The van der Waals surface area contributed by atoms with Gasteiger partial charge in [-0.1, -0.05) is 0 Å². The number of aliphatic hydroxyl groups excluding tert-OH is 1. The molecule has 1 aliphatic rings. The molecule has 6 heteroatoms. The van der Waals surface area contributed by atoms with Crippen LogP contribution in [0.5, 0.6) is 0 Å². The van der Waals surface area contributed by atoms with Crippen molar-refractivity contribution in [3.05, 3.63) is 11.6 Å². The summed E-state index contributed by atoms with van der Waals surface area (Å²) in [4.78, 5) is 17.4. The SMILES string of the molecule is O=C(Nc1nccs1)N1CCC(O)CC1. The maximum Gasteiger partial charge on any atom is 0.323 e. The standard InChI is InChI=1S/C9H13N3O2S/c13-7-1-4-12(5-2-7)9(14)11-8-10-3-6-15-8/h3,6-7,13H,1-2,4-5H2,(H,10,11,14). The van der Waals surface area contributed by atoms with Gasteiger partial charge in [-0.25, -0.2) is 9.78 Å². The van der Waals surface area contributed by atoms with Crippen LogP contribution in [0.2, 0.25) is 0 Å². The van der Waals surface area contributed by atoms with Crippen LogP contribution in [0.15, 0.2) is 11.6 Å². The largest absolute Gasteiger partial charge is 0.393 e. The molecule has 2 N–H and O–H groups in total. The van der Waals surface area contributed by atoms with E-state index in [4.69, 9.17) is 0 Å². The Hall–Kier alpha value is -1.14. The molecule has 2 amide bonds. The van der Waals surface area contributed by atoms with Crippen LogP contribution in [-0.2, 0) is 0 Å². The summed E-state index contributed by atoms with van der Waals surface area (Å²) in [5, 5.41) is 14.4. The van der Waals surface area contributed by atoms with E-state index in [9.17, 15) is 9.90 Å². The normalized spacial score (nSPS) is 17.8. The summed E-state index contributed by atoms with van der Waals surface area (Å²) >= 11 is 1.40. The molecule has 1 aromatic heterocycles. The van der Waals surface area contributed by atoms with Gasteiger partial charge in [0.05, 0.1) is 6.10 Å². The lowest BCUT2D eigenvalue weighted by Crippen LogP contribution is -2.42. The van der Waals surface area contributed by atoms with E-state index in [1.165, 1.54) is 11.3 Å². The number of likely N-dealkylation sites (tertiary alicyclic amines) is 1. The second-order valence-electron chi connectivity index (χ2n) is 3.49. The van der Waals surface area contributed by atoms with Gasteiger partial charge in [0.2, 0.25) is 0 Å². The van der Waals surface area contributed by atoms with Gasteiger partial charge in [-0.15, -0.1) is 11.3 Å². The van der Waals surface area contributed by atoms with E-state index >= 15 is 0 Å². The number of thiazole rings is 1. The first-order chi connectivity index (χ1) is 7.25. The van der Waals surface area contributed by atoms with E-state index in [0.717, 1.165) is 0 Å². The number of carbonyl (C=O) groups is 1. The number of rotatable bonds is 1. The number of anilines is 1. The van der Waals surface area contributed by atoms with Crippen LogP contribution in [-0.4, -0.2) is 40.2 Å². The van der Waals surface area contributed by atoms with Crippen LogP contribution in [0, 0.1) is 0 Å². The Labute approximate surface area is 91.7 Å². The van der Waals surface area contributed by atoms with Crippen molar-refractivity contribution >= 4 is 22.5 Å². The van der Waals surface area contributed by atoms with E-state index in [0.29, 0.717) is 31.1 Å². The maximum atomic E-state index is 11.7. The number of piperidine rings is 1. The molecular weight excluding hydrogens is 214 g/mol. The number of aromatic nitrogens is 1. The molecule has 0 aromatic carbocycles. The summed E-state index contributed by atoms with van der Waals surface area (Å²) in [6, 6.07) is -0.128. The van der Waals surface area contributed by atoms with Gasteiger partial charge in [-0.2, -0.15) is 0 Å². The Morgan fingerprint density at radius 3 is 2.93 bits per heavy atom. The molecule has 2 heterocycles. The molecule has 0 atom stereocenters. The summed E-state index contributed by atoms with van der Waals surface area (Å²) in [6.45, 7) is 1.22. The highest BCUT2D eigenvalue weighted by Gasteiger charge is 2.21. The van der Waals surface area contributed by atoms with E-state index in [-0.39, 0.29) is 12.1 Å². The molecule has 15 heavy (non-hydrogen) atoms. The van der Waals surface area contributed by atoms with Gasteiger partial charge >= 0.3 is 6.03 Å². The zero-order valence-corrected chi connectivity index (χ0v) is 9.04. The van der Waals surface area contributed by atoms with Gasteiger partial charge < -0.3 is 10.0 Å². The Balaban J connectivity index is 1.86. The van der Waals surface area contributed by atoms with Crippen molar-refractivity contribution in [1.82, 2.24) is 9.88 Å². The number of nitrogens with one attached hydrogen (secondary N) is 1. The lowest BCUT2D eigenvalue weighted by Gasteiger charge is -2.29. The van der Waals surface area contributed by atoms with Gasteiger partial charge in [-0.3, -0.25) is 5.32 Å². The van der Waals surface area contributed by atoms with E-state index in [1.54, 1.807) is 11.1 Å². The summed E-state index contributed by atoms with van der Waals surface area (Å²) in [5.41, 5.74) is 0. The van der Waals surface area contributed by atoms with E-state index < -0.39 is 0 Å². The molecule has 1 saturated heterocycles. The van der Waals surface area contributed by atoms with Gasteiger partial charge in [0.1, 0.15) is 0 Å². The van der Waals surface area contributed by atoms with Crippen molar-refractivity contribution in [3.8, 4) is 0 Å². The van der Waals surface area contributed by atoms with Crippen LogP contribution in [0.4, 0.5) is 9.93 Å². The van der Waals surface area contributed by atoms with Crippen LogP contribution >= 0.6 is 11.3 Å². The Kier molecular flexibility index (Phi) is 3.17. The van der Waals surface area contributed by atoms with Crippen molar-refractivity contribution in [2.45, 2.75) is 18.9 Å². The molecular formula is C9H13N3O2S. The van der Waals surface area contributed by atoms with Gasteiger partial charge in [0.15, 0.2) is 5.13 Å². The number of carbonyl (C=O) groups excluding carboxylic acids is 1. The first kappa shape index (κ1) is 10.4. The molecule has 0 aliphatic carbocycles. The van der Waals surface area contributed by atoms with Crippen LogP contribution in [0.1, 0.15) is 12.8 Å². The minimum Gasteiger partial charge on any atom is -0.393 e. The first-order valence-corrected chi connectivity index (χ1v) is 5.77. The second-order valence-corrected chi connectivity index (χ2v) is 4.38. The molecule has 1 aromatic rings. The van der Waals surface area contributed by atoms with Crippen molar-refractivity contribution < 1.29 is 9.90 Å². The average Bonchev–Trinajstić information content (AvgIpc) is 2.71. The zero-order chi connectivity index (χ0) is 10.7. The lowest BCUT2D eigenvalue weighted by atomic mass is 10.1. The summed E-state index contributed by atoms with van der Waals surface area (Å²) in [6.07, 6.45) is 2.71. The Morgan fingerprint density at radius 2 is 2.33 bits per heavy atom. The van der Waals surface area contributed by atoms with Crippen molar-refractivity contribution in [1.29, 1.82) is 0 Å². The number of aliphatic hydroxyl groups is 1. The van der Waals surface area contributed by atoms with E-state index in [1.807, 2.05) is 5.38 Å². The third kappa shape index (κ3) is 2.66. The number of hydrogen-bond acceptors (Lipinski definition) is 4. The number of amides is 2. The molecule has 0 spiro atoms. The molecule has 1 fully saturated rings. The second kappa shape index (κ2) is 4.59. The molecule has 2 rings (SSSR count). The predicted octanol–water partition coefficient (Wildman–Crippen LogP) is 1.13. The number of nitrogens with zero attached hydrogens (tertiary/aromatic N) is 2. The Morgan fingerprint density at radius 1 is 1.60 bits per heavy atom. The van der Waals surface area contributed by atoms with Crippen LogP contribution < -0.4 is 5.32 Å². The molecule has 82 valence electrons. The highest BCUT2D eigenvalue weighted by molar-refractivity contribution is 7.13. The highest BCUT2D eigenvalue weighted by Crippen LogP contribution is 2.14. The van der Waals surface area contributed by atoms with Crippen LogP contribution in [0.3, 0.4) is 0 Å². The third-order valence-corrected chi connectivity index (χ3v) is 3.09. The number of hydrogen-bond donors (Lipinski definition) is 2.